The SMILES string of the molecule is CCCOC(=O)[C@@H]1[C@@H]2C=C[C@@]3(CN([C@H](C)c4ccccc4)C(=O)[C@H]13)O2. The molecule has 2 bridgehead atoms. The van der Waals surface area contributed by atoms with Crippen LogP contribution in [0.1, 0.15) is 31.9 Å². The highest BCUT2D eigenvalue weighted by Gasteiger charge is 2.67. The number of nitrogens with zero attached hydrogens (tertiary/aromatic N) is 1. The Bertz CT molecular complexity index is 716. The van der Waals surface area contributed by atoms with Gasteiger partial charge in [0.05, 0.1) is 31.2 Å². The monoisotopic (exact) mass is 341 g/mol. The number of rotatable bonds is 5. The van der Waals surface area contributed by atoms with Crippen LogP contribution < -0.4 is 0 Å². The molecule has 3 heterocycles. The molecular formula is C20H23NO4. The summed E-state index contributed by atoms with van der Waals surface area (Å²) in [7, 11) is 0. The number of likely N-dealkylation sites (tertiary alicyclic amines) is 1. The van der Waals surface area contributed by atoms with Crippen molar-refractivity contribution in [2.24, 2.45) is 11.8 Å². The summed E-state index contributed by atoms with van der Waals surface area (Å²) in [5.74, 6) is -1.33. The molecule has 3 aliphatic heterocycles. The van der Waals surface area contributed by atoms with E-state index in [1.54, 1.807) is 0 Å². The highest BCUT2D eigenvalue weighted by atomic mass is 16.6. The van der Waals surface area contributed by atoms with Gasteiger partial charge in [0.25, 0.3) is 0 Å². The number of fused-ring (bicyclic) bond motifs is 1. The van der Waals surface area contributed by atoms with Crippen LogP contribution >= 0.6 is 0 Å². The van der Waals surface area contributed by atoms with E-state index in [9.17, 15) is 9.59 Å². The van der Waals surface area contributed by atoms with Gasteiger partial charge in [-0.25, -0.2) is 0 Å². The van der Waals surface area contributed by atoms with E-state index in [0.29, 0.717) is 13.2 Å². The second-order valence-electron chi connectivity index (χ2n) is 7.12. The number of carbonyl (C=O) groups excluding carboxylic acids is 2. The zero-order valence-corrected chi connectivity index (χ0v) is 14.6. The van der Waals surface area contributed by atoms with Crippen molar-refractivity contribution in [1.82, 2.24) is 4.90 Å². The van der Waals surface area contributed by atoms with Crippen molar-refractivity contribution in [3.63, 3.8) is 0 Å². The molecule has 1 aromatic carbocycles. The van der Waals surface area contributed by atoms with Crippen LogP contribution in [0.15, 0.2) is 42.5 Å². The maximum absolute atomic E-state index is 13.2. The molecule has 0 saturated carbocycles. The molecule has 1 aromatic rings. The van der Waals surface area contributed by atoms with Gasteiger partial charge in [0, 0.05) is 0 Å². The molecule has 5 heteroatoms. The second-order valence-corrected chi connectivity index (χ2v) is 7.12. The van der Waals surface area contributed by atoms with Crippen molar-refractivity contribution in [1.29, 1.82) is 0 Å². The van der Waals surface area contributed by atoms with Gasteiger partial charge in [-0.1, -0.05) is 49.4 Å². The minimum Gasteiger partial charge on any atom is -0.465 e. The molecule has 2 fully saturated rings. The summed E-state index contributed by atoms with van der Waals surface area (Å²) in [5, 5.41) is 0. The Balaban J connectivity index is 1.60. The van der Waals surface area contributed by atoms with Crippen molar-refractivity contribution in [2.75, 3.05) is 13.2 Å². The molecule has 132 valence electrons. The minimum atomic E-state index is -0.680. The Kier molecular flexibility index (Phi) is 3.91. The Morgan fingerprint density at radius 2 is 2.16 bits per heavy atom. The Labute approximate surface area is 147 Å². The quantitative estimate of drug-likeness (QED) is 0.610. The van der Waals surface area contributed by atoms with Gasteiger partial charge in [-0.2, -0.15) is 0 Å². The number of ether oxygens (including phenoxy) is 2. The maximum atomic E-state index is 13.2. The molecule has 2 saturated heterocycles. The number of benzene rings is 1. The van der Waals surface area contributed by atoms with E-state index in [-0.39, 0.29) is 24.0 Å². The van der Waals surface area contributed by atoms with Crippen LogP contribution in [0.25, 0.3) is 0 Å². The molecule has 0 radical (unpaired) electrons. The Hall–Kier alpha value is -2.14. The number of amides is 1. The van der Waals surface area contributed by atoms with Gasteiger partial charge in [-0.05, 0) is 18.9 Å². The van der Waals surface area contributed by atoms with Crippen molar-refractivity contribution in [3.05, 3.63) is 48.0 Å². The Morgan fingerprint density at radius 1 is 1.40 bits per heavy atom. The number of hydrogen-bond acceptors (Lipinski definition) is 4. The van der Waals surface area contributed by atoms with Crippen molar-refractivity contribution < 1.29 is 19.1 Å². The van der Waals surface area contributed by atoms with Gasteiger partial charge in [0.2, 0.25) is 5.91 Å². The lowest BCUT2D eigenvalue weighted by Gasteiger charge is -2.27. The van der Waals surface area contributed by atoms with Crippen LogP contribution in [0.2, 0.25) is 0 Å². The van der Waals surface area contributed by atoms with Gasteiger partial charge >= 0.3 is 5.97 Å². The lowest BCUT2D eigenvalue weighted by Crippen LogP contribution is -2.40. The van der Waals surface area contributed by atoms with Crippen LogP contribution in [-0.2, 0) is 19.1 Å². The summed E-state index contributed by atoms with van der Waals surface area (Å²) in [6.45, 7) is 4.84. The van der Waals surface area contributed by atoms with Crippen molar-refractivity contribution >= 4 is 11.9 Å². The van der Waals surface area contributed by atoms with E-state index in [4.69, 9.17) is 9.47 Å². The predicted molar refractivity (Wildman–Crippen MR) is 91.5 cm³/mol. The average molecular weight is 341 g/mol. The third kappa shape index (κ3) is 2.41. The fourth-order valence-electron chi connectivity index (χ4n) is 4.34. The molecule has 3 aliphatic rings. The number of hydrogen-bond donors (Lipinski definition) is 0. The molecule has 0 aliphatic carbocycles. The fraction of sp³-hybridized carbons (Fsp3) is 0.500. The van der Waals surface area contributed by atoms with E-state index < -0.39 is 17.4 Å². The van der Waals surface area contributed by atoms with E-state index in [1.165, 1.54) is 0 Å². The molecular weight excluding hydrogens is 318 g/mol. The second kappa shape index (κ2) is 5.99. The maximum Gasteiger partial charge on any atom is 0.312 e. The number of esters is 1. The minimum absolute atomic E-state index is 0.0124. The van der Waals surface area contributed by atoms with Crippen LogP contribution in [0.5, 0.6) is 0 Å². The molecule has 25 heavy (non-hydrogen) atoms. The Morgan fingerprint density at radius 3 is 2.88 bits per heavy atom. The lowest BCUT2D eigenvalue weighted by atomic mass is 9.77. The highest BCUT2D eigenvalue weighted by molar-refractivity contribution is 5.91. The van der Waals surface area contributed by atoms with Gasteiger partial charge in [0.15, 0.2) is 0 Å². The molecule has 4 rings (SSSR count). The van der Waals surface area contributed by atoms with E-state index in [2.05, 4.69) is 0 Å². The summed E-state index contributed by atoms with van der Waals surface area (Å²) in [5.41, 5.74) is 0.400. The lowest BCUT2D eigenvalue weighted by molar-refractivity contribution is -0.154. The van der Waals surface area contributed by atoms with Crippen molar-refractivity contribution in [2.45, 2.75) is 38.0 Å². The van der Waals surface area contributed by atoms with Crippen LogP contribution in [-0.4, -0.2) is 41.6 Å². The van der Waals surface area contributed by atoms with E-state index >= 15 is 0 Å². The topological polar surface area (TPSA) is 55.8 Å². The third-order valence-corrected chi connectivity index (χ3v) is 5.60. The average Bonchev–Trinajstić information content (AvgIpc) is 3.28. The third-order valence-electron chi connectivity index (χ3n) is 5.60. The molecule has 0 N–H and O–H groups in total. The summed E-state index contributed by atoms with van der Waals surface area (Å²) in [6.07, 6.45) is 4.31. The largest absolute Gasteiger partial charge is 0.465 e. The highest BCUT2D eigenvalue weighted by Crippen LogP contribution is 2.53. The first kappa shape index (κ1) is 16.3. The van der Waals surface area contributed by atoms with Crippen LogP contribution in [0, 0.1) is 11.8 Å². The smallest absolute Gasteiger partial charge is 0.312 e. The molecule has 5 atom stereocenters. The zero-order valence-electron chi connectivity index (χ0n) is 14.6. The van der Waals surface area contributed by atoms with Gasteiger partial charge in [-0.3, -0.25) is 9.59 Å². The predicted octanol–water partition coefficient (Wildman–Crippen LogP) is 2.48. The number of carbonyl (C=O) groups is 2. The summed E-state index contributed by atoms with van der Waals surface area (Å²) < 4.78 is 11.4. The summed E-state index contributed by atoms with van der Waals surface area (Å²) in [6, 6.07) is 9.88. The normalized spacial score (nSPS) is 33.6. The zero-order chi connectivity index (χ0) is 17.6. The van der Waals surface area contributed by atoms with Gasteiger partial charge < -0.3 is 14.4 Å². The summed E-state index contributed by atoms with van der Waals surface area (Å²) in [4.78, 5) is 27.5. The summed E-state index contributed by atoms with van der Waals surface area (Å²) >= 11 is 0. The first-order valence-corrected chi connectivity index (χ1v) is 8.96. The molecule has 0 aromatic heterocycles. The molecule has 1 amide bonds. The van der Waals surface area contributed by atoms with E-state index in [0.717, 1.165) is 12.0 Å². The standard InChI is InChI=1S/C20H23NO4/c1-3-11-24-19(23)16-15-9-10-20(25-15)12-21(18(22)17(16)20)13(2)14-7-5-4-6-8-14/h4-10,13,15-17H,3,11-12H2,1-2H3/t13-,15+,16-,17+,20+/m1/s1. The van der Waals surface area contributed by atoms with Crippen LogP contribution in [0.3, 0.4) is 0 Å². The van der Waals surface area contributed by atoms with Crippen molar-refractivity contribution in [3.8, 4) is 0 Å². The molecule has 5 nitrogen and oxygen atoms in total. The van der Waals surface area contributed by atoms with Gasteiger partial charge in [0.1, 0.15) is 11.5 Å². The first-order chi connectivity index (χ1) is 12.1. The fourth-order valence-corrected chi connectivity index (χ4v) is 4.34. The molecule has 0 unspecified atom stereocenters. The van der Waals surface area contributed by atoms with E-state index in [1.807, 2.05) is 61.2 Å². The first-order valence-electron chi connectivity index (χ1n) is 8.96. The van der Waals surface area contributed by atoms with Crippen LogP contribution in [0.4, 0.5) is 0 Å². The molecule has 1 spiro atoms. The van der Waals surface area contributed by atoms with Gasteiger partial charge in [-0.15, -0.1) is 0 Å².